The Labute approximate surface area is 161 Å². The molecule has 0 fully saturated rings. The van der Waals surface area contributed by atoms with Crippen LogP contribution in [0.2, 0.25) is 0 Å². The van der Waals surface area contributed by atoms with E-state index in [0.29, 0.717) is 13.2 Å². The van der Waals surface area contributed by atoms with Gasteiger partial charge in [-0.3, -0.25) is 14.6 Å². The highest BCUT2D eigenvalue weighted by atomic mass is 32.1. The largest absolute Gasteiger partial charge is 0.487 e. The highest BCUT2D eigenvalue weighted by Crippen LogP contribution is 2.14. The van der Waals surface area contributed by atoms with Crippen molar-refractivity contribution in [2.45, 2.75) is 33.1 Å². The van der Waals surface area contributed by atoms with Crippen LogP contribution in [0.25, 0.3) is 0 Å². The molecule has 0 unspecified atom stereocenters. The van der Waals surface area contributed by atoms with Crippen LogP contribution in [-0.2, 0) is 29.3 Å². The van der Waals surface area contributed by atoms with Crippen LogP contribution in [0.1, 0.15) is 23.4 Å². The van der Waals surface area contributed by atoms with E-state index in [4.69, 9.17) is 9.47 Å². The lowest BCUT2D eigenvalue weighted by molar-refractivity contribution is -0.145. The molecule has 0 saturated heterocycles. The number of ether oxygens (including phenoxy) is 2. The number of aryl methyl sites for hydroxylation is 1. The maximum Gasteiger partial charge on any atom is 0.307 e. The number of pyridine rings is 1. The van der Waals surface area contributed by atoms with Gasteiger partial charge in [0.2, 0.25) is 0 Å². The molecule has 0 aliphatic rings. The van der Waals surface area contributed by atoms with E-state index >= 15 is 0 Å². The van der Waals surface area contributed by atoms with Crippen LogP contribution in [0.4, 0.5) is 0 Å². The third-order valence-electron chi connectivity index (χ3n) is 3.95. The van der Waals surface area contributed by atoms with Gasteiger partial charge in [0, 0.05) is 23.8 Å². The Balaban J connectivity index is 1.43. The number of hydrogen-bond donors (Lipinski definition) is 0. The third kappa shape index (κ3) is 5.52. The molecule has 0 aliphatic carbocycles. The molecule has 0 saturated carbocycles. The third-order valence-corrected chi connectivity index (χ3v) is 4.83. The summed E-state index contributed by atoms with van der Waals surface area (Å²) in [6.45, 7) is 2.78. The summed E-state index contributed by atoms with van der Waals surface area (Å²) < 4.78 is 12.5. The first-order chi connectivity index (χ1) is 13.1. The first-order valence-electron chi connectivity index (χ1n) is 8.54. The van der Waals surface area contributed by atoms with E-state index in [0.717, 1.165) is 34.0 Å². The quantitative estimate of drug-likeness (QED) is 0.557. The molecule has 1 aromatic carbocycles. The van der Waals surface area contributed by atoms with Crippen molar-refractivity contribution < 1.29 is 14.3 Å². The van der Waals surface area contributed by atoms with Crippen molar-refractivity contribution in [2.24, 2.45) is 0 Å². The first-order valence-corrected chi connectivity index (χ1v) is 9.42. The van der Waals surface area contributed by atoms with Crippen LogP contribution in [0.15, 0.2) is 58.8 Å². The van der Waals surface area contributed by atoms with Crippen LogP contribution in [0, 0.1) is 6.92 Å². The highest BCUT2D eigenvalue weighted by Gasteiger charge is 2.08. The zero-order valence-electron chi connectivity index (χ0n) is 15.0. The van der Waals surface area contributed by atoms with Crippen LogP contribution in [0.5, 0.6) is 5.75 Å². The fraction of sp³-hybridized carbons (Fsp3) is 0.250. The van der Waals surface area contributed by atoms with Gasteiger partial charge in [-0.2, -0.15) is 0 Å². The molecule has 0 amide bonds. The van der Waals surface area contributed by atoms with Crippen molar-refractivity contribution in [3.63, 3.8) is 0 Å². The summed E-state index contributed by atoms with van der Waals surface area (Å²) in [6, 6.07) is 13.1. The summed E-state index contributed by atoms with van der Waals surface area (Å²) in [4.78, 5) is 27.7. The monoisotopic (exact) mass is 384 g/mol. The lowest BCUT2D eigenvalue weighted by atomic mass is 10.2. The van der Waals surface area contributed by atoms with E-state index in [1.165, 1.54) is 0 Å². The number of hydrogen-bond acceptors (Lipinski definition) is 6. The molecule has 0 bridgehead atoms. The van der Waals surface area contributed by atoms with Crippen molar-refractivity contribution >= 4 is 17.3 Å². The van der Waals surface area contributed by atoms with Gasteiger partial charge in [0.25, 0.3) is 0 Å². The van der Waals surface area contributed by atoms with Crippen LogP contribution >= 0.6 is 11.3 Å². The maximum absolute atomic E-state index is 11.9. The molecule has 0 radical (unpaired) electrons. The number of thiazole rings is 1. The van der Waals surface area contributed by atoms with Gasteiger partial charge in [-0.25, -0.2) is 0 Å². The number of benzene rings is 1. The van der Waals surface area contributed by atoms with Gasteiger partial charge in [-0.1, -0.05) is 29.5 Å². The van der Waals surface area contributed by atoms with Crippen molar-refractivity contribution in [1.29, 1.82) is 0 Å². The predicted octanol–water partition coefficient (Wildman–Crippen LogP) is 3.33. The molecule has 0 atom stereocenters. The Morgan fingerprint density at radius 3 is 2.63 bits per heavy atom. The molecule has 6 nitrogen and oxygen atoms in total. The Bertz CT molecular complexity index is 933. The average Bonchev–Trinajstić information content (AvgIpc) is 3.02. The SMILES string of the molecule is Cc1csc(=O)n1CCC(=O)OCc1ccc(OCc2ccccn2)cc1. The van der Waals surface area contributed by atoms with Crippen LogP contribution in [-0.4, -0.2) is 15.5 Å². The zero-order chi connectivity index (χ0) is 19.1. The highest BCUT2D eigenvalue weighted by molar-refractivity contribution is 7.07. The van der Waals surface area contributed by atoms with E-state index < -0.39 is 0 Å². The van der Waals surface area contributed by atoms with E-state index in [1.54, 1.807) is 16.1 Å². The summed E-state index contributed by atoms with van der Waals surface area (Å²) in [5.41, 5.74) is 2.59. The van der Waals surface area contributed by atoms with E-state index in [-0.39, 0.29) is 23.9 Å². The lowest BCUT2D eigenvalue weighted by Crippen LogP contribution is -2.17. The van der Waals surface area contributed by atoms with Gasteiger partial charge in [0.05, 0.1) is 12.1 Å². The molecule has 0 N–H and O–H groups in total. The van der Waals surface area contributed by atoms with Gasteiger partial charge in [0.1, 0.15) is 19.0 Å². The summed E-state index contributed by atoms with van der Waals surface area (Å²) in [7, 11) is 0. The number of nitrogens with zero attached hydrogens (tertiary/aromatic N) is 2. The minimum absolute atomic E-state index is 0.0541. The van der Waals surface area contributed by atoms with Crippen LogP contribution < -0.4 is 9.61 Å². The summed E-state index contributed by atoms with van der Waals surface area (Å²) in [5.74, 6) is 0.394. The van der Waals surface area contributed by atoms with Crippen molar-refractivity contribution in [3.8, 4) is 5.75 Å². The normalized spacial score (nSPS) is 10.6. The lowest BCUT2D eigenvalue weighted by Gasteiger charge is -2.08. The van der Waals surface area contributed by atoms with Crippen molar-refractivity contribution in [1.82, 2.24) is 9.55 Å². The fourth-order valence-electron chi connectivity index (χ4n) is 2.44. The Hall–Kier alpha value is -2.93. The molecular formula is C20H20N2O4S. The predicted molar refractivity (Wildman–Crippen MR) is 103 cm³/mol. The van der Waals surface area contributed by atoms with Crippen molar-refractivity contribution in [2.75, 3.05) is 0 Å². The molecule has 7 heteroatoms. The number of aromatic nitrogens is 2. The number of esters is 1. The zero-order valence-corrected chi connectivity index (χ0v) is 15.8. The number of carbonyl (C=O) groups is 1. The van der Waals surface area contributed by atoms with E-state index in [2.05, 4.69) is 4.98 Å². The average molecular weight is 384 g/mol. The van der Waals surface area contributed by atoms with Gasteiger partial charge < -0.3 is 14.0 Å². The second kappa shape index (κ2) is 9.14. The van der Waals surface area contributed by atoms with Gasteiger partial charge in [-0.15, -0.1) is 0 Å². The molecule has 0 spiro atoms. The second-order valence-electron chi connectivity index (χ2n) is 5.96. The molecule has 0 aliphatic heterocycles. The summed E-state index contributed by atoms with van der Waals surface area (Å²) in [5, 5.41) is 1.78. The van der Waals surface area contributed by atoms with Gasteiger partial charge in [0.15, 0.2) is 0 Å². The molecule has 2 heterocycles. The first kappa shape index (κ1) is 18.8. The standard InChI is InChI=1S/C20H20N2O4S/c1-15-14-27-20(24)22(15)11-9-19(23)26-12-16-5-7-18(8-6-16)25-13-17-4-2-3-10-21-17/h2-8,10,14H,9,11-13H2,1H3. The molecular weight excluding hydrogens is 364 g/mol. The second-order valence-corrected chi connectivity index (χ2v) is 6.78. The molecule has 2 aromatic heterocycles. The van der Waals surface area contributed by atoms with Crippen molar-refractivity contribution in [3.05, 3.63) is 80.7 Å². The minimum atomic E-state index is -0.331. The topological polar surface area (TPSA) is 70.4 Å². The maximum atomic E-state index is 11.9. The summed E-state index contributed by atoms with van der Waals surface area (Å²) in [6.07, 6.45) is 1.90. The molecule has 3 aromatic rings. The molecule has 3 rings (SSSR count). The van der Waals surface area contributed by atoms with Crippen LogP contribution in [0.3, 0.4) is 0 Å². The molecule has 140 valence electrons. The fourth-order valence-corrected chi connectivity index (χ4v) is 3.20. The number of rotatable bonds is 8. The Morgan fingerprint density at radius 1 is 1.15 bits per heavy atom. The van der Waals surface area contributed by atoms with Gasteiger partial charge >= 0.3 is 10.8 Å². The Morgan fingerprint density at radius 2 is 1.96 bits per heavy atom. The Kier molecular flexibility index (Phi) is 6.38. The van der Waals surface area contributed by atoms with E-state index in [1.807, 2.05) is 49.4 Å². The number of carbonyl (C=O) groups excluding carboxylic acids is 1. The molecule has 27 heavy (non-hydrogen) atoms. The van der Waals surface area contributed by atoms with E-state index in [9.17, 15) is 9.59 Å². The van der Waals surface area contributed by atoms with Gasteiger partial charge in [-0.05, 0) is 36.8 Å². The summed E-state index contributed by atoms with van der Waals surface area (Å²) >= 11 is 1.14. The smallest absolute Gasteiger partial charge is 0.307 e. The minimum Gasteiger partial charge on any atom is -0.487 e.